The van der Waals surface area contributed by atoms with Gasteiger partial charge in [0.15, 0.2) is 17.5 Å². The molecule has 0 spiro atoms. The summed E-state index contributed by atoms with van der Waals surface area (Å²) in [6, 6.07) is 60.5. The van der Waals surface area contributed by atoms with Crippen molar-refractivity contribution in [2.24, 2.45) is 0 Å². The second-order valence-corrected chi connectivity index (χ2v) is 13.6. The molecule has 54 heavy (non-hydrogen) atoms. The van der Waals surface area contributed by atoms with E-state index in [1.54, 1.807) is 0 Å². The molecule has 5 heteroatoms. The van der Waals surface area contributed by atoms with Crippen LogP contribution < -0.4 is 0 Å². The molecule has 8 aromatic carbocycles. The molecular formula is C49H29N3O2. The molecular weight excluding hydrogens is 663 g/mol. The van der Waals surface area contributed by atoms with Gasteiger partial charge in [0.05, 0.1) is 0 Å². The van der Waals surface area contributed by atoms with E-state index in [0.717, 1.165) is 82.5 Å². The average molecular weight is 692 g/mol. The molecule has 0 amide bonds. The quantitative estimate of drug-likeness (QED) is 0.180. The van der Waals surface area contributed by atoms with E-state index in [9.17, 15) is 0 Å². The Morgan fingerprint density at radius 2 is 0.926 bits per heavy atom. The van der Waals surface area contributed by atoms with Gasteiger partial charge in [-0.15, -0.1) is 0 Å². The summed E-state index contributed by atoms with van der Waals surface area (Å²) >= 11 is 0. The second-order valence-electron chi connectivity index (χ2n) is 13.6. The first-order valence-electron chi connectivity index (χ1n) is 18.0. The maximum Gasteiger partial charge on any atom is 0.164 e. The van der Waals surface area contributed by atoms with Crippen molar-refractivity contribution in [3.8, 4) is 56.4 Å². The monoisotopic (exact) mass is 691 g/mol. The van der Waals surface area contributed by atoms with Gasteiger partial charge in [-0.05, 0) is 76.2 Å². The normalized spacial score (nSPS) is 11.7. The Morgan fingerprint density at radius 3 is 1.76 bits per heavy atom. The summed E-state index contributed by atoms with van der Waals surface area (Å²) in [5.41, 5.74) is 10.6. The smallest absolute Gasteiger partial charge is 0.164 e. The highest BCUT2D eigenvalue weighted by molar-refractivity contribution is 6.16. The predicted octanol–water partition coefficient (Wildman–Crippen LogP) is 13.2. The summed E-state index contributed by atoms with van der Waals surface area (Å²) in [4.78, 5) is 15.4. The molecule has 11 aromatic rings. The second kappa shape index (κ2) is 12.1. The molecule has 3 aromatic heterocycles. The Hall–Kier alpha value is -7.37. The number of benzene rings is 8. The Kier molecular flexibility index (Phi) is 6.79. The lowest BCUT2D eigenvalue weighted by Gasteiger charge is -2.10. The van der Waals surface area contributed by atoms with Crippen LogP contribution in [0.25, 0.3) is 111 Å². The summed E-state index contributed by atoms with van der Waals surface area (Å²) in [7, 11) is 0. The van der Waals surface area contributed by atoms with E-state index in [2.05, 4.69) is 103 Å². The molecule has 0 unspecified atom stereocenters. The van der Waals surface area contributed by atoms with Crippen molar-refractivity contribution in [3.63, 3.8) is 0 Å². The van der Waals surface area contributed by atoms with Crippen LogP contribution in [-0.2, 0) is 0 Å². The van der Waals surface area contributed by atoms with E-state index < -0.39 is 0 Å². The van der Waals surface area contributed by atoms with E-state index in [0.29, 0.717) is 17.5 Å². The van der Waals surface area contributed by atoms with Crippen molar-refractivity contribution in [1.29, 1.82) is 0 Å². The van der Waals surface area contributed by atoms with Crippen molar-refractivity contribution >= 4 is 54.6 Å². The number of fused-ring (bicyclic) bond motifs is 8. The zero-order valence-corrected chi connectivity index (χ0v) is 28.9. The lowest BCUT2D eigenvalue weighted by molar-refractivity contribution is 0.669. The number of hydrogen-bond acceptors (Lipinski definition) is 5. The minimum absolute atomic E-state index is 0.576. The van der Waals surface area contributed by atoms with Gasteiger partial charge in [0.1, 0.15) is 22.3 Å². The van der Waals surface area contributed by atoms with Gasteiger partial charge in [0, 0.05) is 43.6 Å². The van der Waals surface area contributed by atoms with Crippen LogP contribution in [0.15, 0.2) is 185 Å². The van der Waals surface area contributed by atoms with E-state index in [1.165, 1.54) is 11.1 Å². The minimum Gasteiger partial charge on any atom is -0.456 e. The lowest BCUT2D eigenvalue weighted by Crippen LogP contribution is -2.00. The van der Waals surface area contributed by atoms with Gasteiger partial charge in [-0.25, -0.2) is 15.0 Å². The highest BCUT2D eigenvalue weighted by Crippen LogP contribution is 2.40. The third kappa shape index (κ3) is 4.98. The summed E-state index contributed by atoms with van der Waals surface area (Å²) in [5.74, 6) is 1.76. The molecule has 0 aliphatic carbocycles. The van der Waals surface area contributed by atoms with Crippen molar-refractivity contribution in [2.45, 2.75) is 0 Å². The van der Waals surface area contributed by atoms with Gasteiger partial charge >= 0.3 is 0 Å². The van der Waals surface area contributed by atoms with E-state index in [4.69, 9.17) is 23.8 Å². The highest BCUT2D eigenvalue weighted by atomic mass is 16.3. The molecule has 0 saturated carbocycles. The maximum atomic E-state index is 6.46. The van der Waals surface area contributed by atoms with Crippen LogP contribution in [0.4, 0.5) is 0 Å². The zero-order valence-electron chi connectivity index (χ0n) is 28.9. The third-order valence-electron chi connectivity index (χ3n) is 10.3. The minimum atomic E-state index is 0.576. The van der Waals surface area contributed by atoms with Crippen molar-refractivity contribution in [1.82, 2.24) is 15.0 Å². The molecule has 11 rings (SSSR count). The van der Waals surface area contributed by atoms with Gasteiger partial charge < -0.3 is 8.83 Å². The lowest BCUT2D eigenvalue weighted by atomic mass is 9.97. The van der Waals surface area contributed by atoms with E-state index in [-0.39, 0.29) is 0 Å². The molecule has 252 valence electrons. The zero-order chi connectivity index (χ0) is 35.6. The van der Waals surface area contributed by atoms with Crippen molar-refractivity contribution < 1.29 is 8.83 Å². The van der Waals surface area contributed by atoms with Gasteiger partial charge in [-0.1, -0.05) is 127 Å². The number of hydrogen-bond donors (Lipinski definition) is 0. The molecule has 3 heterocycles. The number of furan rings is 2. The van der Waals surface area contributed by atoms with Crippen LogP contribution in [0.5, 0.6) is 0 Å². The van der Waals surface area contributed by atoms with Gasteiger partial charge in [0.2, 0.25) is 0 Å². The fraction of sp³-hybridized carbons (Fsp3) is 0. The fourth-order valence-electron chi connectivity index (χ4n) is 7.69. The van der Waals surface area contributed by atoms with E-state index >= 15 is 0 Å². The third-order valence-corrected chi connectivity index (χ3v) is 10.3. The Bertz CT molecular complexity index is 3220. The molecule has 0 fully saturated rings. The highest BCUT2D eigenvalue weighted by Gasteiger charge is 2.19. The van der Waals surface area contributed by atoms with E-state index in [1.807, 2.05) is 72.8 Å². The van der Waals surface area contributed by atoms with Gasteiger partial charge in [-0.2, -0.15) is 0 Å². The molecule has 0 saturated heterocycles. The van der Waals surface area contributed by atoms with Crippen LogP contribution in [0.3, 0.4) is 0 Å². The first kappa shape index (κ1) is 30.3. The SMILES string of the molecule is c1ccc(-c2cccc(-c3ccc4oc5cccc(-c6nc(-c7ccccc7)nc(-c7ccc8oc9c%10ccccc%10ccc9c8c7)n6)c5c4c3)c2)cc1. The summed E-state index contributed by atoms with van der Waals surface area (Å²) in [6.45, 7) is 0. The maximum absolute atomic E-state index is 6.46. The topological polar surface area (TPSA) is 65.0 Å². The summed E-state index contributed by atoms with van der Waals surface area (Å²) in [5, 5.41) is 6.28. The summed E-state index contributed by atoms with van der Waals surface area (Å²) < 4.78 is 12.9. The molecule has 0 N–H and O–H groups in total. The fourth-order valence-corrected chi connectivity index (χ4v) is 7.69. The summed E-state index contributed by atoms with van der Waals surface area (Å²) in [6.07, 6.45) is 0. The molecule has 0 bridgehead atoms. The predicted molar refractivity (Wildman–Crippen MR) is 219 cm³/mol. The van der Waals surface area contributed by atoms with Crippen molar-refractivity contribution in [3.05, 3.63) is 176 Å². The van der Waals surface area contributed by atoms with Crippen molar-refractivity contribution in [2.75, 3.05) is 0 Å². The van der Waals surface area contributed by atoms with Crippen LogP contribution in [-0.4, -0.2) is 15.0 Å². The molecule has 0 atom stereocenters. The standard InChI is InChI=1S/C49H29N3O2/c1-3-11-30(12-4-1)33-16-9-17-34(27-33)35-22-25-43-41(28-35)45-39(19-10-20-44(45)53-43)49-51-47(32-14-5-2-6-15-32)50-48(52-49)36-23-26-42-40(29-36)38-24-21-31-13-7-8-18-37(31)46(38)54-42/h1-29H. The average Bonchev–Trinajstić information content (AvgIpc) is 3.82. The number of nitrogens with zero attached hydrogens (tertiary/aromatic N) is 3. The first-order chi connectivity index (χ1) is 26.7. The van der Waals surface area contributed by atoms with Crippen LogP contribution >= 0.6 is 0 Å². The molecule has 5 nitrogen and oxygen atoms in total. The number of rotatable bonds is 5. The molecule has 0 aliphatic heterocycles. The molecule has 0 radical (unpaired) electrons. The van der Waals surface area contributed by atoms with Gasteiger partial charge in [-0.3, -0.25) is 0 Å². The Morgan fingerprint density at radius 1 is 0.315 bits per heavy atom. The number of aromatic nitrogens is 3. The largest absolute Gasteiger partial charge is 0.456 e. The Balaban J connectivity index is 1.09. The van der Waals surface area contributed by atoms with Crippen LogP contribution in [0, 0.1) is 0 Å². The van der Waals surface area contributed by atoms with Gasteiger partial charge in [0.25, 0.3) is 0 Å². The van der Waals surface area contributed by atoms with Crippen LogP contribution in [0.2, 0.25) is 0 Å². The Labute approximate surface area is 309 Å². The molecule has 0 aliphatic rings. The van der Waals surface area contributed by atoms with Crippen LogP contribution in [0.1, 0.15) is 0 Å². The first-order valence-corrected chi connectivity index (χ1v) is 18.0.